The number of benzene rings is 1. The number of nitrogens with zero attached hydrogens (tertiary/aromatic N) is 1. The normalized spacial score (nSPS) is 24.3. The van der Waals surface area contributed by atoms with Crippen LogP contribution in [0.4, 0.5) is 15.8 Å². The zero-order chi connectivity index (χ0) is 16.4. The monoisotopic (exact) mass is 319 g/mol. The van der Waals surface area contributed by atoms with Crippen LogP contribution in [0.25, 0.3) is 0 Å². The first-order chi connectivity index (χ1) is 11.1. The first-order valence-electron chi connectivity index (χ1n) is 8.21. The van der Waals surface area contributed by atoms with E-state index >= 15 is 0 Å². The Morgan fingerprint density at radius 3 is 2.83 bits per heavy atom. The number of hydrogen-bond acceptors (Lipinski definition) is 3. The van der Waals surface area contributed by atoms with Crippen molar-refractivity contribution in [1.29, 1.82) is 0 Å². The number of anilines is 2. The molecular weight excluding hydrogens is 297 g/mol. The maximum absolute atomic E-state index is 14.3. The first kappa shape index (κ1) is 15.9. The van der Waals surface area contributed by atoms with Crippen molar-refractivity contribution < 1.29 is 14.0 Å². The van der Waals surface area contributed by atoms with E-state index in [1.165, 1.54) is 11.0 Å². The van der Waals surface area contributed by atoms with Gasteiger partial charge in [-0.05, 0) is 49.9 Å². The Bertz CT molecular complexity index is 620. The van der Waals surface area contributed by atoms with Gasteiger partial charge in [0.1, 0.15) is 5.82 Å². The van der Waals surface area contributed by atoms with Gasteiger partial charge >= 0.3 is 0 Å². The summed E-state index contributed by atoms with van der Waals surface area (Å²) in [6.45, 7) is 1.05. The molecule has 5 nitrogen and oxygen atoms in total. The summed E-state index contributed by atoms with van der Waals surface area (Å²) in [4.78, 5) is 25.5. The van der Waals surface area contributed by atoms with E-state index in [1.807, 2.05) is 0 Å². The summed E-state index contributed by atoms with van der Waals surface area (Å²) >= 11 is 0. The number of hydrogen-bond donors (Lipinski definition) is 2. The Labute approximate surface area is 135 Å². The number of halogens is 1. The Morgan fingerprint density at radius 1 is 1.35 bits per heavy atom. The van der Waals surface area contributed by atoms with E-state index in [0.717, 1.165) is 25.7 Å². The van der Waals surface area contributed by atoms with E-state index in [1.54, 1.807) is 12.1 Å². The zero-order valence-corrected chi connectivity index (χ0v) is 13.1. The van der Waals surface area contributed by atoms with Crippen LogP contribution in [0.1, 0.15) is 32.1 Å². The molecule has 6 heteroatoms. The molecule has 23 heavy (non-hydrogen) atoms. The van der Waals surface area contributed by atoms with Gasteiger partial charge in [-0.25, -0.2) is 4.39 Å². The van der Waals surface area contributed by atoms with E-state index in [0.29, 0.717) is 25.2 Å². The molecule has 124 valence electrons. The van der Waals surface area contributed by atoms with Crippen molar-refractivity contribution >= 4 is 23.2 Å². The summed E-state index contributed by atoms with van der Waals surface area (Å²) in [6, 6.07) is 4.49. The van der Waals surface area contributed by atoms with Crippen molar-refractivity contribution in [2.24, 2.45) is 17.6 Å². The standard InChI is InChI=1S/C17H22FN3O2/c18-14-9-12(6-7-15(14)21-8-2-5-16(21)22)20-17(23)13-4-1-3-11(13)10-19/h6-7,9,11,13H,1-5,8,10,19H2,(H,20,23)/t11-,13-/m1/s1. The number of rotatable bonds is 4. The van der Waals surface area contributed by atoms with Crippen LogP contribution in [0.3, 0.4) is 0 Å². The summed E-state index contributed by atoms with van der Waals surface area (Å²) in [6.07, 6.45) is 4.01. The molecule has 1 aromatic rings. The minimum Gasteiger partial charge on any atom is -0.330 e. The molecule has 3 N–H and O–H groups in total. The van der Waals surface area contributed by atoms with E-state index < -0.39 is 5.82 Å². The molecule has 1 aliphatic carbocycles. The summed E-state index contributed by atoms with van der Waals surface area (Å²) in [5.41, 5.74) is 6.41. The maximum Gasteiger partial charge on any atom is 0.227 e. The van der Waals surface area contributed by atoms with E-state index in [-0.39, 0.29) is 29.3 Å². The van der Waals surface area contributed by atoms with E-state index in [9.17, 15) is 14.0 Å². The Morgan fingerprint density at radius 2 is 2.17 bits per heavy atom. The SMILES string of the molecule is NC[C@H]1CCC[C@H]1C(=O)Nc1ccc(N2CCCC2=O)c(F)c1. The average molecular weight is 319 g/mol. The topological polar surface area (TPSA) is 75.4 Å². The largest absolute Gasteiger partial charge is 0.330 e. The molecule has 0 spiro atoms. The minimum atomic E-state index is -0.486. The lowest BCUT2D eigenvalue weighted by molar-refractivity contribution is -0.120. The second-order valence-electron chi connectivity index (χ2n) is 6.34. The van der Waals surface area contributed by atoms with Crippen LogP contribution in [-0.4, -0.2) is 24.9 Å². The zero-order valence-electron chi connectivity index (χ0n) is 13.1. The summed E-state index contributed by atoms with van der Waals surface area (Å²) in [5.74, 6) is -0.524. The summed E-state index contributed by atoms with van der Waals surface area (Å²) in [5, 5.41) is 2.78. The summed E-state index contributed by atoms with van der Waals surface area (Å²) in [7, 11) is 0. The Hall–Kier alpha value is -1.95. The third-order valence-electron chi connectivity index (χ3n) is 4.88. The molecule has 1 saturated carbocycles. The van der Waals surface area contributed by atoms with Crippen molar-refractivity contribution in [3.05, 3.63) is 24.0 Å². The van der Waals surface area contributed by atoms with Crippen LogP contribution < -0.4 is 16.0 Å². The smallest absolute Gasteiger partial charge is 0.227 e. The van der Waals surface area contributed by atoms with Gasteiger partial charge in [0.2, 0.25) is 11.8 Å². The minimum absolute atomic E-state index is 0.0579. The highest BCUT2D eigenvalue weighted by molar-refractivity contribution is 5.96. The van der Waals surface area contributed by atoms with Gasteiger partial charge in [-0.1, -0.05) is 6.42 Å². The third kappa shape index (κ3) is 3.22. The van der Waals surface area contributed by atoms with Crippen molar-refractivity contribution in [3.8, 4) is 0 Å². The van der Waals surface area contributed by atoms with Gasteiger partial charge in [-0.2, -0.15) is 0 Å². The molecule has 2 fully saturated rings. The lowest BCUT2D eigenvalue weighted by Gasteiger charge is -2.19. The Kier molecular flexibility index (Phi) is 4.61. The van der Waals surface area contributed by atoms with Crippen molar-refractivity contribution in [2.45, 2.75) is 32.1 Å². The molecule has 1 saturated heterocycles. The molecule has 2 amide bonds. The van der Waals surface area contributed by atoms with Crippen LogP contribution in [0, 0.1) is 17.7 Å². The number of nitrogens with two attached hydrogens (primary N) is 1. The molecule has 1 heterocycles. The highest BCUT2D eigenvalue weighted by Gasteiger charge is 2.32. The quantitative estimate of drug-likeness (QED) is 0.894. The lowest BCUT2D eigenvalue weighted by Crippen LogP contribution is -2.30. The average Bonchev–Trinajstić information content (AvgIpc) is 3.16. The first-order valence-corrected chi connectivity index (χ1v) is 8.21. The number of carbonyl (C=O) groups is 2. The number of amides is 2. The fourth-order valence-electron chi connectivity index (χ4n) is 3.61. The highest BCUT2D eigenvalue weighted by Crippen LogP contribution is 2.32. The van der Waals surface area contributed by atoms with Crippen LogP contribution in [0.15, 0.2) is 18.2 Å². The molecule has 0 bridgehead atoms. The number of carbonyl (C=O) groups excluding carboxylic acids is 2. The van der Waals surface area contributed by atoms with E-state index in [2.05, 4.69) is 5.32 Å². The highest BCUT2D eigenvalue weighted by atomic mass is 19.1. The second-order valence-corrected chi connectivity index (χ2v) is 6.34. The fourth-order valence-corrected chi connectivity index (χ4v) is 3.61. The molecule has 0 radical (unpaired) electrons. The fraction of sp³-hybridized carbons (Fsp3) is 0.529. The third-order valence-corrected chi connectivity index (χ3v) is 4.88. The van der Waals surface area contributed by atoms with Crippen LogP contribution >= 0.6 is 0 Å². The molecular formula is C17H22FN3O2. The lowest BCUT2D eigenvalue weighted by atomic mass is 9.95. The van der Waals surface area contributed by atoms with E-state index in [4.69, 9.17) is 5.73 Å². The molecule has 2 atom stereocenters. The second kappa shape index (κ2) is 6.66. The molecule has 1 aliphatic heterocycles. The van der Waals surface area contributed by atoms with Crippen LogP contribution in [0.2, 0.25) is 0 Å². The molecule has 0 aromatic heterocycles. The van der Waals surface area contributed by atoms with Crippen molar-refractivity contribution in [3.63, 3.8) is 0 Å². The summed E-state index contributed by atoms with van der Waals surface area (Å²) < 4.78 is 14.3. The molecule has 2 aliphatic rings. The molecule has 1 aromatic carbocycles. The van der Waals surface area contributed by atoms with Gasteiger partial charge in [0.05, 0.1) is 5.69 Å². The van der Waals surface area contributed by atoms with Gasteiger partial charge in [-0.3, -0.25) is 9.59 Å². The predicted octanol–water partition coefficient (Wildman–Crippen LogP) is 2.27. The van der Waals surface area contributed by atoms with Gasteiger partial charge in [0.15, 0.2) is 0 Å². The van der Waals surface area contributed by atoms with Crippen molar-refractivity contribution in [2.75, 3.05) is 23.3 Å². The van der Waals surface area contributed by atoms with Crippen molar-refractivity contribution in [1.82, 2.24) is 0 Å². The van der Waals surface area contributed by atoms with Crippen LogP contribution in [-0.2, 0) is 9.59 Å². The Balaban J connectivity index is 1.70. The van der Waals surface area contributed by atoms with Gasteiger partial charge in [-0.15, -0.1) is 0 Å². The predicted molar refractivity (Wildman–Crippen MR) is 86.5 cm³/mol. The van der Waals surface area contributed by atoms with Gasteiger partial charge in [0, 0.05) is 24.6 Å². The van der Waals surface area contributed by atoms with Gasteiger partial charge < -0.3 is 16.0 Å². The number of nitrogens with one attached hydrogen (secondary N) is 1. The van der Waals surface area contributed by atoms with Crippen LogP contribution in [0.5, 0.6) is 0 Å². The molecule has 3 rings (SSSR count). The van der Waals surface area contributed by atoms with Gasteiger partial charge in [0.25, 0.3) is 0 Å². The maximum atomic E-state index is 14.3. The molecule has 0 unspecified atom stereocenters.